The standard InChI is InChI=1S/C20H27ClN2O2/c21-17-7-3-4-8-18(17)22-19(24)15-9-11-16(12-10-15)20(25)23-13-5-1-2-6-14-23/h3-4,7-8,15-16H,1-2,5-6,9-14H2,(H,22,24). The molecule has 1 saturated heterocycles. The number of anilines is 1. The molecule has 1 aliphatic heterocycles. The molecule has 2 aliphatic rings. The number of carbonyl (C=O) groups is 2. The maximum atomic E-state index is 12.7. The van der Waals surface area contributed by atoms with E-state index in [1.165, 1.54) is 12.8 Å². The summed E-state index contributed by atoms with van der Waals surface area (Å²) in [7, 11) is 0. The number of nitrogens with one attached hydrogen (secondary N) is 1. The van der Waals surface area contributed by atoms with Gasteiger partial charge in [0.15, 0.2) is 0 Å². The molecule has 5 heteroatoms. The molecular formula is C20H27ClN2O2. The highest BCUT2D eigenvalue weighted by Gasteiger charge is 2.32. The van der Waals surface area contributed by atoms with E-state index in [4.69, 9.17) is 11.6 Å². The van der Waals surface area contributed by atoms with Crippen LogP contribution in [0.3, 0.4) is 0 Å². The molecule has 25 heavy (non-hydrogen) atoms. The van der Waals surface area contributed by atoms with Gasteiger partial charge >= 0.3 is 0 Å². The molecule has 1 aromatic carbocycles. The van der Waals surface area contributed by atoms with Crippen molar-refractivity contribution >= 4 is 29.1 Å². The van der Waals surface area contributed by atoms with Crippen molar-refractivity contribution in [3.63, 3.8) is 0 Å². The zero-order valence-corrected chi connectivity index (χ0v) is 15.4. The second-order valence-electron chi connectivity index (χ2n) is 7.26. The van der Waals surface area contributed by atoms with E-state index in [0.29, 0.717) is 16.6 Å². The Balaban J connectivity index is 1.50. The van der Waals surface area contributed by atoms with Crippen LogP contribution in [0.2, 0.25) is 5.02 Å². The molecule has 1 heterocycles. The smallest absolute Gasteiger partial charge is 0.227 e. The van der Waals surface area contributed by atoms with Gasteiger partial charge in [0.25, 0.3) is 0 Å². The molecule has 0 radical (unpaired) electrons. The molecule has 1 aliphatic carbocycles. The lowest BCUT2D eigenvalue weighted by atomic mass is 9.81. The Labute approximate surface area is 154 Å². The second-order valence-corrected chi connectivity index (χ2v) is 7.66. The van der Waals surface area contributed by atoms with Crippen molar-refractivity contribution in [3.8, 4) is 0 Å². The largest absolute Gasteiger partial charge is 0.342 e. The van der Waals surface area contributed by atoms with E-state index in [1.807, 2.05) is 18.2 Å². The third-order valence-corrected chi connectivity index (χ3v) is 5.83. The molecule has 0 bridgehead atoms. The van der Waals surface area contributed by atoms with Crippen molar-refractivity contribution in [1.29, 1.82) is 0 Å². The number of carbonyl (C=O) groups excluding carboxylic acids is 2. The topological polar surface area (TPSA) is 49.4 Å². The van der Waals surface area contributed by atoms with Crippen LogP contribution in [0.4, 0.5) is 5.69 Å². The average Bonchev–Trinajstić information content (AvgIpc) is 2.92. The SMILES string of the molecule is O=C(Nc1ccccc1Cl)C1CCC(C(=O)N2CCCCCC2)CC1. The second kappa shape index (κ2) is 8.70. The zero-order valence-electron chi connectivity index (χ0n) is 14.7. The van der Waals surface area contributed by atoms with Gasteiger partial charge in [0.05, 0.1) is 10.7 Å². The minimum absolute atomic E-state index is 0.0220. The van der Waals surface area contributed by atoms with E-state index >= 15 is 0 Å². The Bertz CT molecular complexity index is 603. The Morgan fingerprint density at radius 1 is 0.920 bits per heavy atom. The maximum absolute atomic E-state index is 12.7. The third-order valence-electron chi connectivity index (χ3n) is 5.50. The summed E-state index contributed by atoms with van der Waals surface area (Å²) in [6, 6.07) is 7.29. The van der Waals surface area contributed by atoms with E-state index in [0.717, 1.165) is 51.6 Å². The summed E-state index contributed by atoms with van der Waals surface area (Å²) in [4.78, 5) is 27.3. The van der Waals surface area contributed by atoms with Gasteiger partial charge in [-0.1, -0.05) is 36.6 Å². The fourth-order valence-electron chi connectivity index (χ4n) is 3.95. The molecule has 1 aromatic rings. The lowest BCUT2D eigenvalue weighted by Crippen LogP contribution is -2.39. The summed E-state index contributed by atoms with van der Waals surface area (Å²) in [6.07, 6.45) is 7.91. The van der Waals surface area contributed by atoms with Gasteiger partial charge in [0.1, 0.15) is 0 Å². The molecule has 0 atom stereocenters. The fourth-order valence-corrected chi connectivity index (χ4v) is 4.13. The Kier molecular flexibility index (Phi) is 6.35. The van der Waals surface area contributed by atoms with Gasteiger partial charge in [-0.15, -0.1) is 0 Å². The minimum Gasteiger partial charge on any atom is -0.342 e. The molecular weight excluding hydrogens is 336 g/mol. The molecule has 1 saturated carbocycles. The number of nitrogens with zero attached hydrogens (tertiary/aromatic N) is 1. The summed E-state index contributed by atoms with van der Waals surface area (Å²) < 4.78 is 0. The minimum atomic E-state index is -0.0237. The van der Waals surface area contributed by atoms with E-state index in [2.05, 4.69) is 10.2 Å². The molecule has 0 unspecified atom stereocenters. The summed E-state index contributed by atoms with van der Waals surface area (Å²) in [5.41, 5.74) is 0.664. The number of para-hydroxylation sites is 1. The monoisotopic (exact) mass is 362 g/mol. The lowest BCUT2D eigenvalue weighted by molar-refractivity contribution is -0.137. The van der Waals surface area contributed by atoms with Crippen molar-refractivity contribution in [1.82, 2.24) is 4.90 Å². The van der Waals surface area contributed by atoms with Gasteiger partial charge in [0.2, 0.25) is 11.8 Å². The average molecular weight is 363 g/mol. The highest BCUT2D eigenvalue weighted by Crippen LogP contribution is 2.32. The van der Waals surface area contributed by atoms with Crippen LogP contribution in [-0.4, -0.2) is 29.8 Å². The van der Waals surface area contributed by atoms with Crippen LogP contribution in [0.25, 0.3) is 0 Å². The van der Waals surface area contributed by atoms with Crippen LogP contribution in [0.5, 0.6) is 0 Å². The Morgan fingerprint density at radius 3 is 2.16 bits per heavy atom. The quantitative estimate of drug-likeness (QED) is 0.861. The molecule has 0 aromatic heterocycles. The summed E-state index contributed by atoms with van der Waals surface area (Å²) >= 11 is 6.11. The number of halogens is 1. The fraction of sp³-hybridized carbons (Fsp3) is 0.600. The number of hydrogen-bond donors (Lipinski definition) is 1. The first kappa shape index (κ1) is 18.2. The van der Waals surface area contributed by atoms with Crippen molar-refractivity contribution in [2.24, 2.45) is 11.8 Å². The number of rotatable bonds is 3. The highest BCUT2D eigenvalue weighted by molar-refractivity contribution is 6.33. The van der Waals surface area contributed by atoms with E-state index < -0.39 is 0 Å². The summed E-state index contributed by atoms with van der Waals surface area (Å²) in [6.45, 7) is 1.82. The lowest BCUT2D eigenvalue weighted by Gasteiger charge is -2.31. The van der Waals surface area contributed by atoms with Gasteiger partial charge in [-0.2, -0.15) is 0 Å². The molecule has 3 rings (SSSR count). The van der Waals surface area contributed by atoms with Crippen LogP contribution < -0.4 is 5.32 Å². The summed E-state index contributed by atoms with van der Waals surface area (Å²) in [5.74, 6) is 0.410. The molecule has 2 amide bonds. The van der Waals surface area contributed by atoms with Crippen molar-refractivity contribution in [2.45, 2.75) is 51.4 Å². The zero-order chi connectivity index (χ0) is 17.6. The van der Waals surface area contributed by atoms with Gasteiger partial charge in [-0.25, -0.2) is 0 Å². The predicted octanol–water partition coefficient (Wildman–Crippen LogP) is 4.49. The summed E-state index contributed by atoms with van der Waals surface area (Å²) in [5, 5.41) is 3.49. The molecule has 136 valence electrons. The molecule has 4 nitrogen and oxygen atoms in total. The van der Waals surface area contributed by atoms with Crippen LogP contribution in [0.15, 0.2) is 24.3 Å². The van der Waals surface area contributed by atoms with Gasteiger partial charge in [-0.3, -0.25) is 9.59 Å². The van der Waals surface area contributed by atoms with Gasteiger partial charge < -0.3 is 10.2 Å². The first-order chi connectivity index (χ1) is 12.1. The van der Waals surface area contributed by atoms with Crippen LogP contribution >= 0.6 is 11.6 Å². The Morgan fingerprint density at radius 2 is 1.52 bits per heavy atom. The van der Waals surface area contributed by atoms with Crippen molar-refractivity contribution in [3.05, 3.63) is 29.3 Å². The van der Waals surface area contributed by atoms with Gasteiger partial charge in [-0.05, 0) is 50.7 Å². The third kappa shape index (κ3) is 4.75. The van der Waals surface area contributed by atoms with Gasteiger partial charge in [0, 0.05) is 24.9 Å². The Hall–Kier alpha value is -1.55. The van der Waals surface area contributed by atoms with Crippen LogP contribution in [-0.2, 0) is 9.59 Å². The van der Waals surface area contributed by atoms with Crippen LogP contribution in [0, 0.1) is 11.8 Å². The number of benzene rings is 1. The van der Waals surface area contributed by atoms with E-state index in [9.17, 15) is 9.59 Å². The van der Waals surface area contributed by atoms with Crippen molar-refractivity contribution < 1.29 is 9.59 Å². The number of hydrogen-bond acceptors (Lipinski definition) is 2. The maximum Gasteiger partial charge on any atom is 0.227 e. The first-order valence-corrected chi connectivity index (χ1v) is 9.87. The number of likely N-dealkylation sites (tertiary alicyclic amines) is 1. The van der Waals surface area contributed by atoms with Crippen molar-refractivity contribution in [2.75, 3.05) is 18.4 Å². The van der Waals surface area contributed by atoms with Crippen LogP contribution in [0.1, 0.15) is 51.4 Å². The van der Waals surface area contributed by atoms with E-state index in [-0.39, 0.29) is 17.7 Å². The molecule has 0 spiro atoms. The highest BCUT2D eigenvalue weighted by atomic mass is 35.5. The number of amides is 2. The first-order valence-electron chi connectivity index (χ1n) is 9.49. The van der Waals surface area contributed by atoms with E-state index in [1.54, 1.807) is 6.07 Å². The normalized spacial score (nSPS) is 24.4. The molecule has 1 N–H and O–H groups in total. The predicted molar refractivity (Wildman–Crippen MR) is 101 cm³/mol. The molecule has 2 fully saturated rings.